The van der Waals surface area contributed by atoms with Gasteiger partial charge < -0.3 is 15.0 Å². The van der Waals surface area contributed by atoms with Crippen LogP contribution >= 0.6 is 0 Å². The SMILES string of the molecule is CNc1nc2ccc(F)cc2n1-c1nc(-c2c(C)nn(C)c2C)cc(N2CCOC[C@H]2C)n1. The molecule has 5 rings (SSSR count). The fourth-order valence-electron chi connectivity index (χ4n) is 4.43. The number of aryl methyl sites for hydroxylation is 2. The second-order valence-corrected chi connectivity index (χ2v) is 8.35. The van der Waals surface area contributed by atoms with E-state index in [1.807, 2.05) is 31.6 Å². The molecule has 0 amide bonds. The lowest BCUT2D eigenvalue weighted by atomic mass is 10.1. The summed E-state index contributed by atoms with van der Waals surface area (Å²) in [5, 5.41) is 7.67. The number of morpholine rings is 1. The van der Waals surface area contributed by atoms with Gasteiger partial charge in [-0.15, -0.1) is 0 Å². The van der Waals surface area contributed by atoms with E-state index in [-0.39, 0.29) is 11.9 Å². The molecule has 0 aliphatic carbocycles. The summed E-state index contributed by atoms with van der Waals surface area (Å²) in [4.78, 5) is 16.7. The second-order valence-electron chi connectivity index (χ2n) is 8.35. The number of nitrogens with one attached hydrogen (secondary N) is 1. The minimum atomic E-state index is -0.344. The quantitative estimate of drug-likeness (QED) is 0.511. The first kappa shape index (κ1) is 21.3. The molecule has 1 aromatic carbocycles. The maximum atomic E-state index is 14.2. The Morgan fingerprint density at radius 3 is 2.67 bits per heavy atom. The van der Waals surface area contributed by atoms with Crippen molar-refractivity contribution in [2.24, 2.45) is 7.05 Å². The summed E-state index contributed by atoms with van der Waals surface area (Å²) in [6.07, 6.45) is 0. The van der Waals surface area contributed by atoms with Gasteiger partial charge in [-0.3, -0.25) is 4.68 Å². The van der Waals surface area contributed by atoms with Crippen LogP contribution in [0.3, 0.4) is 0 Å². The van der Waals surface area contributed by atoms with Gasteiger partial charge in [0.1, 0.15) is 11.6 Å². The molecule has 0 spiro atoms. The zero-order valence-corrected chi connectivity index (χ0v) is 19.4. The first-order chi connectivity index (χ1) is 15.9. The van der Waals surface area contributed by atoms with Crippen molar-refractivity contribution in [3.05, 3.63) is 41.5 Å². The number of ether oxygens (including phenoxy) is 1. The molecular weight excluding hydrogens is 423 g/mol. The predicted molar refractivity (Wildman–Crippen MR) is 125 cm³/mol. The fraction of sp³-hybridized carbons (Fsp3) is 0.391. The standard InChI is InChI=1S/C23H27FN8O/c1-13-12-33-9-8-31(13)20-11-18(21-14(2)29-30(5)15(21)3)27-23(28-20)32-19-10-16(24)6-7-17(19)26-22(32)25-4/h6-7,10-11,13H,8-9,12H2,1-5H3,(H,25,26)/t13-/m1/s1. The molecule has 10 heteroatoms. The summed E-state index contributed by atoms with van der Waals surface area (Å²) >= 11 is 0. The maximum absolute atomic E-state index is 14.2. The average Bonchev–Trinajstić information content (AvgIpc) is 3.29. The van der Waals surface area contributed by atoms with Crippen LogP contribution in [0.2, 0.25) is 0 Å². The summed E-state index contributed by atoms with van der Waals surface area (Å²) in [6, 6.07) is 6.68. The fourth-order valence-corrected chi connectivity index (χ4v) is 4.43. The highest BCUT2D eigenvalue weighted by Gasteiger charge is 2.25. The van der Waals surface area contributed by atoms with Crippen LogP contribution < -0.4 is 10.2 Å². The van der Waals surface area contributed by atoms with E-state index in [9.17, 15) is 4.39 Å². The van der Waals surface area contributed by atoms with Gasteiger partial charge in [-0.25, -0.2) is 18.9 Å². The van der Waals surface area contributed by atoms with Crippen molar-refractivity contribution in [3.8, 4) is 17.2 Å². The lowest BCUT2D eigenvalue weighted by Gasteiger charge is -2.34. The van der Waals surface area contributed by atoms with E-state index in [0.717, 1.165) is 35.0 Å². The van der Waals surface area contributed by atoms with Crippen LogP contribution in [0.15, 0.2) is 24.3 Å². The van der Waals surface area contributed by atoms with Crippen LogP contribution in [0.5, 0.6) is 0 Å². The number of benzene rings is 1. The number of nitrogens with zero attached hydrogens (tertiary/aromatic N) is 7. The average molecular weight is 451 g/mol. The molecule has 1 aliphatic rings. The molecule has 172 valence electrons. The molecule has 1 atom stereocenters. The van der Waals surface area contributed by atoms with Crippen molar-refractivity contribution in [2.75, 3.05) is 37.0 Å². The number of halogens is 1. The second kappa shape index (κ2) is 8.11. The van der Waals surface area contributed by atoms with Gasteiger partial charge in [0.2, 0.25) is 11.9 Å². The summed E-state index contributed by atoms with van der Waals surface area (Å²) in [6.45, 7) is 8.09. The zero-order valence-electron chi connectivity index (χ0n) is 19.4. The first-order valence-electron chi connectivity index (χ1n) is 11.0. The molecule has 1 fully saturated rings. The van der Waals surface area contributed by atoms with Gasteiger partial charge in [0.05, 0.1) is 41.7 Å². The highest BCUT2D eigenvalue weighted by molar-refractivity contribution is 5.81. The number of aromatic nitrogens is 6. The van der Waals surface area contributed by atoms with E-state index >= 15 is 0 Å². The Labute approximate surface area is 191 Å². The van der Waals surface area contributed by atoms with Crippen molar-refractivity contribution in [1.82, 2.24) is 29.3 Å². The molecule has 33 heavy (non-hydrogen) atoms. The number of imidazole rings is 1. The highest BCUT2D eigenvalue weighted by Crippen LogP contribution is 2.31. The van der Waals surface area contributed by atoms with Crippen LogP contribution in [0.1, 0.15) is 18.3 Å². The van der Waals surface area contributed by atoms with E-state index in [1.54, 1.807) is 17.7 Å². The van der Waals surface area contributed by atoms with Crippen molar-refractivity contribution < 1.29 is 9.13 Å². The smallest absolute Gasteiger partial charge is 0.239 e. The number of hydrogen-bond donors (Lipinski definition) is 1. The topological polar surface area (TPSA) is 85.9 Å². The van der Waals surface area contributed by atoms with Gasteiger partial charge in [-0.1, -0.05) is 0 Å². The Morgan fingerprint density at radius 1 is 1.15 bits per heavy atom. The van der Waals surface area contributed by atoms with Gasteiger partial charge in [0.15, 0.2) is 0 Å². The summed E-state index contributed by atoms with van der Waals surface area (Å²) in [5.41, 5.74) is 4.87. The largest absolute Gasteiger partial charge is 0.377 e. The summed E-state index contributed by atoms with van der Waals surface area (Å²) in [7, 11) is 3.70. The van der Waals surface area contributed by atoms with Crippen LogP contribution in [-0.4, -0.2) is 62.1 Å². The van der Waals surface area contributed by atoms with Crippen molar-refractivity contribution in [2.45, 2.75) is 26.8 Å². The Balaban J connectivity index is 1.78. The van der Waals surface area contributed by atoms with Crippen LogP contribution in [0.4, 0.5) is 16.2 Å². The Bertz CT molecular complexity index is 1340. The van der Waals surface area contributed by atoms with Gasteiger partial charge in [0.25, 0.3) is 0 Å². The van der Waals surface area contributed by atoms with E-state index in [2.05, 4.69) is 27.2 Å². The van der Waals surface area contributed by atoms with Crippen molar-refractivity contribution in [1.29, 1.82) is 0 Å². The molecule has 1 aliphatic heterocycles. The third-order valence-electron chi connectivity index (χ3n) is 6.17. The molecule has 1 saturated heterocycles. The molecule has 0 radical (unpaired) electrons. The molecular formula is C23H27FN8O. The minimum Gasteiger partial charge on any atom is -0.377 e. The molecule has 0 saturated carbocycles. The number of hydrogen-bond acceptors (Lipinski definition) is 7. The van der Waals surface area contributed by atoms with Gasteiger partial charge in [-0.2, -0.15) is 10.1 Å². The van der Waals surface area contributed by atoms with E-state index in [0.29, 0.717) is 36.1 Å². The molecule has 0 bridgehead atoms. The number of anilines is 2. The molecule has 0 unspecified atom stereocenters. The van der Waals surface area contributed by atoms with Gasteiger partial charge in [-0.05, 0) is 32.9 Å². The van der Waals surface area contributed by atoms with Crippen molar-refractivity contribution >= 4 is 22.8 Å². The number of rotatable bonds is 4. The number of fused-ring (bicyclic) bond motifs is 1. The lowest BCUT2D eigenvalue weighted by Crippen LogP contribution is -2.44. The third-order valence-corrected chi connectivity index (χ3v) is 6.17. The lowest BCUT2D eigenvalue weighted by molar-refractivity contribution is 0.0985. The Morgan fingerprint density at radius 2 is 1.97 bits per heavy atom. The van der Waals surface area contributed by atoms with Gasteiger partial charge in [0, 0.05) is 44.0 Å². The molecule has 4 heterocycles. The summed E-state index contributed by atoms with van der Waals surface area (Å²) < 4.78 is 23.4. The molecule has 1 N–H and O–H groups in total. The third kappa shape index (κ3) is 3.60. The highest BCUT2D eigenvalue weighted by atomic mass is 19.1. The molecule has 3 aromatic heterocycles. The Kier molecular flexibility index (Phi) is 5.24. The molecule has 9 nitrogen and oxygen atoms in total. The van der Waals surface area contributed by atoms with Gasteiger partial charge >= 0.3 is 0 Å². The van der Waals surface area contributed by atoms with E-state index < -0.39 is 0 Å². The minimum absolute atomic E-state index is 0.159. The monoisotopic (exact) mass is 450 g/mol. The van der Waals surface area contributed by atoms with E-state index in [4.69, 9.17) is 14.7 Å². The van der Waals surface area contributed by atoms with Crippen LogP contribution in [0.25, 0.3) is 28.2 Å². The first-order valence-corrected chi connectivity index (χ1v) is 11.0. The van der Waals surface area contributed by atoms with Crippen LogP contribution in [-0.2, 0) is 11.8 Å². The van der Waals surface area contributed by atoms with E-state index in [1.165, 1.54) is 12.1 Å². The van der Waals surface area contributed by atoms with Crippen LogP contribution in [0, 0.1) is 19.7 Å². The Hall–Kier alpha value is -3.53. The normalized spacial score (nSPS) is 16.5. The zero-order chi connectivity index (χ0) is 23.3. The molecule has 4 aromatic rings. The van der Waals surface area contributed by atoms with Crippen molar-refractivity contribution in [3.63, 3.8) is 0 Å². The maximum Gasteiger partial charge on any atom is 0.239 e. The predicted octanol–water partition coefficient (Wildman–Crippen LogP) is 3.24. The summed E-state index contributed by atoms with van der Waals surface area (Å²) in [5.74, 6) is 1.40.